The first-order valence-corrected chi connectivity index (χ1v) is 8.67. The Hall–Kier alpha value is -3.29. The number of halogens is 1. The number of hydrogen-bond acceptors (Lipinski definition) is 5. The second-order valence-electron chi connectivity index (χ2n) is 6.64. The van der Waals surface area contributed by atoms with E-state index in [2.05, 4.69) is 20.4 Å². The Labute approximate surface area is 155 Å². The zero-order chi connectivity index (χ0) is 19.0. The summed E-state index contributed by atoms with van der Waals surface area (Å²) in [7, 11) is 0. The lowest BCUT2D eigenvalue weighted by Crippen LogP contribution is -2.52. The minimum Gasteiger partial charge on any atom is -0.355 e. The minimum atomic E-state index is -0.438. The highest BCUT2D eigenvalue weighted by Crippen LogP contribution is 2.25. The van der Waals surface area contributed by atoms with E-state index in [4.69, 9.17) is 0 Å². The molecule has 7 nitrogen and oxygen atoms in total. The Bertz CT molecular complexity index is 995. The van der Waals surface area contributed by atoms with Crippen molar-refractivity contribution in [1.29, 1.82) is 0 Å². The maximum absolute atomic E-state index is 13.7. The predicted molar refractivity (Wildman–Crippen MR) is 99.4 cm³/mol. The van der Waals surface area contributed by atoms with E-state index in [9.17, 15) is 9.18 Å². The number of rotatable bonds is 4. The molecule has 0 atom stereocenters. The molecule has 2 aromatic heterocycles. The van der Waals surface area contributed by atoms with Crippen molar-refractivity contribution in [3.63, 3.8) is 0 Å². The second-order valence-corrected chi connectivity index (χ2v) is 6.64. The summed E-state index contributed by atoms with van der Waals surface area (Å²) in [6, 6.07) is 9.98. The SMILES string of the molecule is Cc1cc(C)n(-c2cc(N3CC(C(=O)Nc4ccccc4F)C3)ncn2)n1. The summed E-state index contributed by atoms with van der Waals surface area (Å²) in [6.45, 7) is 4.94. The summed E-state index contributed by atoms with van der Waals surface area (Å²) in [5.74, 6) is 0.584. The lowest BCUT2D eigenvalue weighted by molar-refractivity contribution is -0.120. The van der Waals surface area contributed by atoms with Crippen LogP contribution in [0.15, 0.2) is 42.7 Å². The molecular formula is C19H19FN6O. The van der Waals surface area contributed by atoms with Crippen LogP contribution in [0.4, 0.5) is 15.9 Å². The number of carbonyl (C=O) groups excluding carboxylic acids is 1. The van der Waals surface area contributed by atoms with Gasteiger partial charge in [-0.15, -0.1) is 0 Å². The van der Waals surface area contributed by atoms with Crippen molar-refractivity contribution < 1.29 is 9.18 Å². The molecule has 3 aromatic rings. The molecule has 0 spiro atoms. The number of hydrogen-bond donors (Lipinski definition) is 1. The molecule has 0 aliphatic carbocycles. The molecule has 4 rings (SSSR count). The molecule has 1 saturated heterocycles. The monoisotopic (exact) mass is 366 g/mol. The Morgan fingerprint density at radius 2 is 1.89 bits per heavy atom. The average Bonchev–Trinajstić information content (AvgIpc) is 2.94. The lowest BCUT2D eigenvalue weighted by Gasteiger charge is -2.39. The molecule has 1 fully saturated rings. The topological polar surface area (TPSA) is 75.9 Å². The molecule has 1 aliphatic heterocycles. The fourth-order valence-corrected chi connectivity index (χ4v) is 3.12. The van der Waals surface area contributed by atoms with Gasteiger partial charge in [0.2, 0.25) is 5.91 Å². The zero-order valence-corrected chi connectivity index (χ0v) is 15.1. The van der Waals surface area contributed by atoms with Crippen molar-refractivity contribution in [2.45, 2.75) is 13.8 Å². The quantitative estimate of drug-likeness (QED) is 0.768. The van der Waals surface area contributed by atoms with Crippen LogP contribution in [0.3, 0.4) is 0 Å². The van der Waals surface area contributed by atoms with Crippen molar-refractivity contribution in [2.75, 3.05) is 23.3 Å². The number of carbonyl (C=O) groups is 1. The maximum atomic E-state index is 13.7. The third kappa shape index (κ3) is 3.38. The van der Waals surface area contributed by atoms with Crippen molar-refractivity contribution in [2.24, 2.45) is 5.92 Å². The van der Waals surface area contributed by atoms with Gasteiger partial charge in [0.1, 0.15) is 18.0 Å². The first-order valence-electron chi connectivity index (χ1n) is 8.67. The Kier molecular flexibility index (Phi) is 4.31. The Morgan fingerprint density at radius 1 is 1.15 bits per heavy atom. The summed E-state index contributed by atoms with van der Waals surface area (Å²) < 4.78 is 15.4. The number of para-hydroxylation sites is 1. The fraction of sp³-hybridized carbons (Fsp3) is 0.263. The first kappa shape index (κ1) is 17.1. The van der Waals surface area contributed by atoms with Crippen LogP contribution >= 0.6 is 0 Å². The van der Waals surface area contributed by atoms with Gasteiger partial charge in [-0.3, -0.25) is 4.79 Å². The van der Waals surface area contributed by atoms with E-state index in [0.717, 1.165) is 17.2 Å². The number of aryl methyl sites for hydroxylation is 2. The molecule has 27 heavy (non-hydrogen) atoms. The molecule has 0 saturated carbocycles. The molecule has 0 unspecified atom stereocenters. The summed E-state index contributed by atoms with van der Waals surface area (Å²) >= 11 is 0. The fourth-order valence-electron chi connectivity index (χ4n) is 3.12. The average molecular weight is 366 g/mol. The van der Waals surface area contributed by atoms with E-state index in [0.29, 0.717) is 18.9 Å². The summed E-state index contributed by atoms with van der Waals surface area (Å²) in [4.78, 5) is 22.9. The van der Waals surface area contributed by atoms with Crippen molar-refractivity contribution in [3.05, 3.63) is 59.9 Å². The number of aromatic nitrogens is 4. The van der Waals surface area contributed by atoms with Crippen LogP contribution in [-0.2, 0) is 4.79 Å². The van der Waals surface area contributed by atoms with Crippen molar-refractivity contribution >= 4 is 17.4 Å². The Balaban J connectivity index is 1.42. The van der Waals surface area contributed by atoms with Gasteiger partial charge in [0.25, 0.3) is 0 Å². The summed E-state index contributed by atoms with van der Waals surface area (Å²) in [6.07, 6.45) is 1.49. The smallest absolute Gasteiger partial charge is 0.231 e. The molecule has 138 valence electrons. The molecule has 1 N–H and O–H groups in total. The van der Waals surface area contributed by atoms with Gasteiger partial charge < -0.3 is 10.2 Å². The van der Waals surface area contributed by atoms with Gasteiger partial charge in [-0.1, -0.05) is 12.1 Å². The third-order valence-electron chi connectivity index (χ3n) is 4.57. The number of anilines is 2. The molecule has 1 amide bonds. The molecule has 1 aromatic carbocycles. The number of benzene rings is 1. The van der Waals surface area contributed by atoms with E-state index in [1.807, 2.05) is 30.9 Å². The number of nitrogens with zero attached hydrogens (tertiary/aromatic N) is 5. The van der Waals surface area contributed by atoms with Crippen LogP contribution in [0.1, 0.15) is 11.4 Å². The van der Waals surface area contributed by atoms with Crippen LogP contribution in [-0.4, -0.2) is 38.7 Å². The van der Waals surface area contributed by atoms with E-state index < -0.39 is 5.82 Å². The van der Waals surface area contributed by atoms with E-state index in [1.54, 1.807) is 22.9 Å². The van der Waals surface area contributed by atoms with Gasteiger partial charge >= 0.3 is 0 Å². The molecular weight excluding hydrogens is 347 g/mol. The van der Waals surface area contributed by atoms with Crippen LogP contribution in [0.5, 0.6) is 0 Å². The standard InChI is InChI=1S/C19H19FN6O/c1-12-7-13(2)26(24-12)18-8-17(21-11-22-18)25-9-14(10-25)19(27)23-16-6-4-3-5-15(16)20/h3-8,11,14H,9-10H2,1-2H3,(H,23,27). The zero-order valence-electron chi connectivity index (χ0n) is 15.1. The van der Waals surface area contributed by atoms with Crippen LogP contribution in [0.25, 0.3) is 5.82 Å². The number of amides is 1. The van der Waals surface area contributed by atoms with Crippen LogP contribution in [0, 0.1) is 25.6 Å². The molecule has 0 radical (unpaired) electrons. The van der Waals surface area contributed by atoms with E-state index >= 15 is 0 Å². The van der Waals surface area contributed by atoms with Gasteiger partial charge in [-0.05, 0) is 32.0 Å². The van der Waals surface area contributed by atoms with Crippen molar-refractivity contribution in [3.8, 4) is 5.82 Å². The van der Waals surface area contributed by atoms with E-state index in [1.165, 1.54) is 12.4 Å². The summed E-state index contributed by atoms with van der Waals surface area (Å²) in [5.41, 5.74) is 2.11. The molecule has 8 heteroatoms. The highest BCUT2D eigenvalue weighted by molar-refractivity contribution is 5.94. The third-order valence-corrected chi connectivity index (χ3v) is 4.57. The molecule has 0 bridgehead atoms. The molecule has 3 heterocycles. The van der Waals surface area contributed by atoms with Crippen molar-refractivity contribution in [1.82, 2.24) is 19.7 Å². The van der Waals surface area contributed by atoms with Crippen LogP contribution in [0.2, 0.25) is 0 Å². The normalized spacial score (nSPS) is 14.1. The maximum Gasteiger partial charge on any atom is 0.231 e. The predicted octanol–water partition coefficient (Wildman–Crippen LogP) is 2.49. The summed E-state index contributed by atoms with van der Waals surface area (Å²) in [5, 5.41) is 7.08. The van der Waals surface area contributed by atoms with Gasteiger partial charge in [-0.25, -0.2) is 19.0 Å². The van der Waals surface area contributed by atoms with Gasteiger partial charge in [0, 0.05) is 24.8 Å². The minimum absolute atomic E-state index is 0.191. The molecule has 1 aliphatic rings. The highest BCUT2D eigenvalue weighted by Gasteiger charge is 2.34. The van der Waals surface area contributed by atoms with E-state index in [-0.39, 0.29) is 17.5 Å². The van der Waals surface area contributed by atoms with Crippen LogP contribution < -0.4 is 10.2 Å². The second kappa shape index (κ2) is 6.79. The largest absolute Gasteiger partial charge is 0.355 e. The van der Waals surface area contributed by atoms with Gasteiger partial charge in [0.05, 0.1) is 17.3 Å². The Morgan fingerprint density at radius 3 is 2.59 bits per heavy atom. The first-order chi connectivity index (χ1) is 13.0. The number of nitrogens with one attached hydrogen (secondary N) is 1. The van der Waals surface area contributed by atoms with Gasteiger partial charge in [-0.2, -0.15) is 5.10 Å². The highest BCUT2D eigenvalue weighted by atomic mass is 19.1. The van der Waals surface area contributed by atoms with Gasteiger partial charge in [0.15, 0.2) is 5.82 Å². The lowest BCUT2D eigenvalue weighted by atomic mass is 9.99.